The number of methoxy groups -OCH3 is 1. The van der Waals surface area contributed by atoms with Gasteiger partial charge in [0.05, 0.1) is 6.10 Å². The molecule has 0 aromatic rings. The van der Waals surface area contributed by atoms with E-state index in [4.69, 9.17) is 4.74 Å². The van der Waals surface area contributed by atoms with Crippen molar-refractivity contribution in [3.63, 3.8) is 0 Å². The van der Waals surface area contributed by atoms with Crippen LogP contribution >= 0.6 is 0 Å². The molecule has 2 saturated carbocycles. The van der Waals surface area contributed by atoms with Crippen LogP contribution in [-0.2, 0) is 4.74 Å². The SMILES string of the molecule is COC1CC2(CCNCC2C2CCCC2)C1. The molecule has 0 radical (unpaired) electrons. The molecule has 1 aliphatic heterocycles. The van der Waals surface area contributed by atoms with Gasteiger partial charge in [-0.25, -0.2) is 0 Å². The summed E-state index contributed by atoms with van der Waals surface area (Å²) in [6.45, 7) is 2.51. The Hall–Kier alpha value is -0.0800. The lowest BCUT2D eigenvalue weighted by atomic mass is 9.53. The zero-order valence-corrected chi connectivity index (χ0v) is 10.5. The Morgan fingerprint density at radius 2 is 1.94 bits per heavy atom. The molecule has 1 spiro atoms. The maximum Gasteiger partial charge on any atom is 0.0582 e. The summed E-state index contributed by atoms with van der Waals surface area (Å²) in [5.41, 5.74) is 0.668. The molecule has 2 heteroatoms. The van der Waals surface area contributed by atoms with Crippen LogP contribution in [0.2, 0.25) is 0 Å². The average molecular weight is 223 g/mol. The van der Waals surface area contributed by atoms with Crippen molar-refractivity contribution in [1.82, 2.24) is 5.32 Å². The van der Waals surface area contributed by atoms with E-state index in [1.165, 1.54) is 58.0 Å². The summed E-state index contributed by atoms with van der Waals surface area (Å²) in [7, 11) is 1.88. The van der Waals surface area contributed by atoms with E-state index in [9.17, 15) is 0 Å². The first-order valence-corrected chi connectivity index (χ1v) is 7.07. The molecule has 16 heavy (non-hydrogen) atoms. The fourth-order valence-electron chi connectivity index (χ4n) is 4.54. The summed E-state index contributed by atoms with van der Waals surface area (Å²) < 4.78 is 5.50. The van der Waals surface area contributed by atoms with Crippen molar-refractivity contribution in [1.29, 1.82) is 0 Å². The Balaban J connectivity index is 1.69. The van der Waals surface area contributed by atoms with Gasteiger partial charge in [0.1, 0.15) is 0 Å². The Morgan fingerprint density at radius 3 is 2.62 bits per heavy atom. The van der Waals surface area contributed by atoms with Gasteiger partial charge in [0.15, 0.2) is 0 Å². The van der Waals surface area contributed by atoms with Crippen molar-refractivity contribution < 1.29 is 4.74 Å². The van der Waals surface area contributed by atoms with Crippen molar-refractivity contribution in [2.45, 2.75) is 51.0 Å². The minimum atomic E-state index is 0.571. The second kappa shape index (κ2) is 4.30. The highest BCUT2D eigenvalue weighted by Gasteiger charge is 2.52. The first kappa shape index (κ1) is 11.0. The number of rotatable bonds is 2. The Morgan fingerprint density at radius 1 is 1.19 bits per heavy atom. The van der Waals surface area contributed by atoms with Gasteiger partial charge >= 0.3 is 0 Å². The number of ether oxygens (including phenoxy) is 1. The van der Waals surface area contributed by atoms with Gasteiger partial charge < -0.3 is 10.1 Å². The summed E-state index contributed by atoms with van der Waals surface area (Å²) in [6.07, 6.45) is 10.6. The van der Waals surface area contributed by atoms with Gasteiger partial charge in [-0.05, 0) is 49.6 Å². The summed E-state index contributed by atoms with van der Waals surface area (Å²) in [6, 6.07) is 0. The Bertz CT molecular complexity index is 241. The number of piperidine rings is 1. The molecule has 3 fully saturated rings. The fourth-order valence-corrected chi connectivity index (χ4v) is 4.54. The molecule has 3 rings (SSSR count). The predicted octanol–water partition coefficient (Wildman–Crippen LogP) is 2.58. The molecule has 0 aromatic carbocycles. The van der Waals surface area contributed by atoms with Gasteiger partial charge in [0.25, 0.3) is 0 Å². The van der Waals surface area contributed by atoms with E-state index in [1.807, 2.05) is 7.11 Å². The molecule has 1 atom stereocenters. The first-order valence-electron chi connectivity index (χ1n) is 7.07. The van der Waals surface area contributed by atoms with Crippen molar-refractivity contribution in [2.75, 3.05) is 20.2 Å². The lowest BCUT2D eigenvalue weighted by Crippen LogP contribution is -2.56. The molecular formula is C14H25NO. The van der Waals surface area contributed by atoms with Crippen LogP contribution in [0.1, 0.15) is 44.9 Å². The van der Waals surface area contributed by atoms with Gasteiger partial charge in [-0.1, -0.05) is 25.7 Å². The Kier molecular flexibility index (Phi) is 2.97. The summed E-state index contributed by atoms with van der Waals surface area (Å²) in [5.74, 6) is 1.97. The van der Waals surface area contributed by atoms with Crippen LogP contribution in [0.5, 0.6) is 0 Å². The molecule has 3 aliphatic rings. The van der Waals surface area contributed by atoms with Crippen molar-refractivity contribution in [3.8, 4) is 0 Å². The van der Waals surface area contributed by atoms with Crippen LogP contribution in [0, 0.1) is 17.3 Å². The predicted molar refractivity (Wildman–Crippen MR) is 65.4 cm³/mol. The minimum absolute atomic E-state index is 0.571. The van der Waals surface area contributed by atoms with Gasteiger partial charge in [0, 0.05) is 7.11 Å². The average Bonchev–Trinajstić information content (AvgIpc) is 2.78. The summed E-state index contributed by atoms with van der Waals surface area (Å²) in [4.78, 5) is 0. The van der Waals surface area contributed by atoms with Gasteiger partial charge in [-0.2, -0.15) is 0 Å². The normalized spacial score (nSPS) is 44.8. The summed E-state index contributed by atoms with van der Waals surface area (Å²) in [5, 5.41) is 3.63. The van der Waals surface area contributed by atoms with Crippen LogP contribution in [-0.4, -0.2) is 26.3 Å². The zero-order valence-electron chi connectivity index (χ0n) is 10.5. The van der Waals surface area contributed by atoms with Gasteiger partial charge in [0.2, 0.25) is 0 Å². The largest absolute Gasteiger partial charge is 0.381 e. The van der Waals surface area contributed by atoms with E-state index < -0.39 is 0 Å². The molecular weight excluding hydrogens is 198 g/mol. The van der Waals surface area contributed by atoms with Crippen molar-refractivity contribution in [2.24, 2.45) is 17.3 Å². The van der Waals surface area contributed by atoms with Gasteiger partial charge in [-0.15, -0.1) is 0 Å². The maximum atomic E-state index is 5.50. The minimum Gasteiger partial charge on any atom is -0.381 e. The molecule has 92 valence electrons. The molecule has 1 saturated heterocycles. The van der Waals surface area contributed by atoms with Crippen LogP contribution < -0.4 is 5.32 Å². The van der Waals surface area contributed by atoms with E-state index in [0.29, 0.717) is 11.5 Å². The van der Waals surface area contributed by atoms with Crippen LogP contribution in [0.3, 0.4) is 0 Å². The smallest absolute Gasteiger partial charge is 0.0582 e. The molecule has 1 heterocycles. The van der Waals surface area contributed by atoms with Crippen LogP contribution in [0.25, 0.3) is 0 Å². The third-order valence-corrected chi connectivity index (χ3v) is 5.52. The van der Waals surface area contributed by atoms with Gasteiger partial charge in [-0.3, -0.25) is 0 Å². The molecule has 0 amide bonds. The topological polar surface area (TPSA) is 21.3 Å². The van der Waals surface area contributed by atoms with E-state index in [0.717, 1.165) is 11.8 Å². The molecule has 0 aromatic heterocycles. The zero-order chi connectivity index (χ0) is 11.0. The molecule has 0 bridgehead atoms. The summed E-state index contributed by atoms with van der Waals surface area (Å²) >= 11 is 0. The van der Waals surface area contributed by atoms with E-state index in [2.05, 4.69) is 5.32 Å². The highest BCUT2D eigenvalue weighted by Crippen LogP contribution is 2.56. The molecule has 1 N–H and O–H groups in total. The maximum absolute atomic E-state index is 5.50. The van der Waals surface area contributed by atoms with E-state index in [-0.39, 0.29) is 0 Å². The third-order valence-electron chi connectivity index (χ3n) is 5.52. The standard InChI is InChI=1S/C14H25NO/c1-16-12-8-14(9-12)6-7-15-10-13(14)11-4-2-3-5-11/h11-13,15H,2-10H2,1H3. The van der Waals surface area contributed by atoms with Crippen LogP contribution in [0.15, 0.2) is 0 Å². The fraction of sp³-hybridized carbons (Fsp3) is 1.00. The highest BCUT2D eigenvalue weighted by molar-refractivity contribution is 5.04. The number of hydrogen-bond donors (Lipinski definition) is 1. The second-order valence-corrected chi connectivity index (χ2v) is 6.23. The van der Waals surface area contributed by atoms with E-state index >= 15 is 0 Å². The lowest BCUT2D eigenvalue weighted by molar-refractivity contribution is -0.117. The van der Waals surface area contributed by atoms with Crippen molar-refractivity contribution >= 4 is 0 Å². The number of nitrogens with one attached hydrogen (secondary N) is 1. The molecule has 2 aliphatic carbocycles. The highest BCUT2D eigenvalue weighted by atomic mass is 16.5. The molecule has 2 nitrogen and oxygen atoms in total. The molecule has 1 unspecified atom stereocenters. The van der Waals surface area contributed by atoms with E-state index in [1.54, 1.807) is 0 Å². The Labute approximate surface area is 99.1 Å². The van der Waals surface area contributed by atoms with Crippen molar-refractivity contribution in [3.05, 3.63) is 0 Å². The van der Waals surface area contributed by atoms with Crippen LogP contribution in [0.4, 0.5) is 0 Å². The monoisotopic (exact) mass is 223 g/mol. The number of hydrogen-bond acceptors (Lipinski definition) is 2. The quantitative estimate of drug-likeness (QED) is 0.777. The first-order chi connectivity index (χ1) is 7.84. The lowest BCUT2D eigenvalue weighted by Gasteiger charge is -2.56. The third kappa shape index (κ3) is 1.70. The second-order valence-electron chi connectivity index (χ2n) is 6.23.